The molecule has 1 aromatic heterocycles. The molecule has 9 nitrogen and oxygen atoms in total. The molecule has 0 spiro atoms. The van der Waals surface area contributed by atoms with E-state index in [4.69, 9.17) is 9.26 Å². The Balaban J connectivity index is 1.58. The molecule has 170 valence electrons. The summed E-state index contributed by atoms with van der Waals surface area (Å²) in [4.78, 5) is 16.9. The van der Waals surface area contributed by atoms with E-state index in [2.05, 4.69) is 15.5 Å². The first-order valence-corrected chi connectivity index (χ1v) is 11.9. The minimum atomic E-state index is -3.35. The molecule has 3 aromatic rings. The third-order valence-electron chi connectivity index (χ3n) is 4.80. The van der Waals surface area contributed by atoms with Crippen LogP contribution in [0.3, 0.4) is 0 Å². The van der Waals surface area contributed by atoms with Gasteiger partial charge in [-0.15, -0.1) is 0 Å². The SMILES string of the molecule is CC[C@H](Oc1ccc(N(C)S(C)(=O)=O)cc1)C(=O)NCc1nc(-c2cccc(C)c2)no1. The largest absolute Gasteiger partial charge is 0.481 e. The molecule has 3 rings (SSSR count). The van der Waals surface area contributed by atoms with Gasteiger partial charge in [-0.25, -0.2) is 8.42 Å². The molecule has 1 N–H and O–H groups in total. The van der Waals surface area contributed by atoms with E-state index in [0.29, 0.717) is 23.7 Å². The minimum absolute atomic E-state index is 0.0790. The molecule has 0 saturated carbocycles. The zero-order valence-electron chi connectivity index (χ0n) is 18.4. The van der Waals surface area contributed by atoms with Crippen LogP contribution in [-0.2, 0) is 21.4 Å². The normalized spacial score (nSPS) is 12.2. The zero-order valence-corrected chi connectivity index (χ0v) is 19.2. The van der Waals surface area contributed by atoms with Crippen LogP contribution in [-0.4, -0.2) is 43.9 Å². The number of carbonyl (C=O) groups is 1. The molecule has 0 fully saturated rings. The first kappa shape index (κ1) is 23.3. The van der Waals surface area contributed by atoms with Gasteiger partial charge >= 0.3 is 0 Å². The predicted octanol–water partition coefficient (Wildman–Crippen LogP) is 2.91. The first-order chi connectivity index (χ1) is 15.2. The fourth-order valence-corrected chi connectivity index (χ4v) is 3.42. The van der Waals surface area contributed by atoms with Crippen LogP contribution in [0.4, 0.5) is 5.69 Å². The summed E-state index contributed by atoms with van der Waals surface area (Å²) >= 11 is 0. The number of anilines is 1. The minimum Gasteiger partial charge on any atom is -0.481 e. The maximum atomic E-state index is 12.6. The summed E-state index contributed by atoms with van der Waals surface area (Å²) in [6.07, 6.45) is 0.838. The maximum Gasteiger partial charge on any atom is 0.261 e. The van der Waals surface area contributed by atoms with Crippen molar-refractivity contribution in [1.29, 1.82) is 0 Å². The van der Waals surface area contributed by atoms with Crippen molar-refractivity contribution in [1.82, 2.24) is 15.5 Å². The topological polar surface area (TPSA) is 115 Å². The van der Waals surface area contributed by atoms with Crippen molar-refractivity contribution in [3.63, 3.8) is 0 Å². The van der Waals surface area contributed by atoms with Crippen molar-refractivity contribution in [3.8, 4) is 17.1 Å². The Morgan fingerprint density at radius 3 is 2.56 bits per heavy atom. The van der Waals surface area contributed by atoms with Gasteiger partial charge < -0.3 is 14.6 Å². The summed E-state index contributed by atoms with van der Waals surface area (Å²) in [5.41, 5.74) is 2.42. The highest BCUT2D eigenvalue weighted by molar-refractivity contribution is 7.92. The second-order valence-electron chi connectivity index (χ2n) is 7.34. The van der Waals surface area contributed by atoms with E-state index < -0.39 is 16.1 Å². The van der Waals surface area contributed by atoms with Gasteiger partial charge in [0.05, 0.1) is 18.5 Å². The van der Waals surface area contributed by atoms with Crippen molar-refractivity contribution >= 4 is 21.6 Å². The van der Waals surface area contributed by atoms with Crippen LogP contribution in [0.25, 0.3) is 11.4 Å². The molecule has 0 aliphatic carbocycles. The van der Waals surface area contributed by atoms with Gasteiger partial charge in [-0.05, 0) is 43.7 Å². The predicted molar refractivity (Wildman–Crippen MR) is 121 cm³/mol. The van der Waals surface area contributed by atoms with E-state index in [1.54, 1.807) is 24.3 Å². The zero-order chi connectivity index (χ0) is 23.3. The van der Waals surface area contributed by atoms with Crippen molar-refractivity contribution in [2.75, 3.05) is 17.6 Å². The summed E-state index contributed by atoms with van der Waals surface area (Å²) in [5, 5.41) is 6.71. The fraction of sp³-hybridized carbons (Fsp3) is 0.318. The van der Waals surface area contributed by atoms with Crippen LogP contribution in [0.2, 0.25) is 0 Å². The maximum absolute atomic E-state index is 12.6. The molecule has 0 radical (unpaired) electrons. The Morgan fingerprint density at radius 2 is 1.94 bits per heavy atom. The van der Waals surface area contributed by atoms with Gasteiger partial charge in [-0.1, -0.05) is 35.8 Å². The summed E-state index contributed by atoms with van der Waals surface area (Å²) in [6.45, 7) is 3.89. The number of benzene rings is 2. The number of nitrogens with zero attached hydrogens (tertiary/aromatic N) is 3. The molecule has 0 bridgehead atoms. The van der Waals surface area contributed by atoms with Crippen LogP contribution < -0.4 is 14.4 Å². The van der Waals surface area contributed by atoms with Gasteiger partial charge in [0.2, 0.25) is 21.7 Å². The number of nitrogens with one attached hydrogen (secondary N) is 1. The van der Waals surface area contributed by atoms with Crippen LogP contribution >= 0.6 is 0 Å². The number of hydrogen-bond donors (Lipinski definition) is 1. The van der Waals surface area contributed by atoms with Crippen molar-refractivity contribution in [3.05, 3.63) is 60.0 Å². The van der Waals surface area contributed by atoms with E-state index in [0.717, 1.165) is 21.7 Å². The van der Waals surface area contributed by atoms with Gasteiger partial charge in [0.1, 0.15) is 5.75 Å². The molecule has 0 aliphatic heterocycles. The van der Waals surface area contributed by atoms with Crippen molar-refractivity contribution < 1.29 is 22.5 Å². The number of carbonyl (C=O) groups excluding carboxylic acids is 1. The van der Waals surface area contributed by atoms with Gasteiger partial charge in [-0.2, -0.15) is 4.98 Å². The smallest absolute Gasteiger partial charge is 0.261 e. The Labute approximate surface area is 187 Å². The average molecular weight is 459 g/mol. The molecule has 2 aromatic carbocycles. The molecule has 1 heterocycles. The Bertz CT molecular complexity index is 1180. The molecular formula is C22H26N4O5S. The highest BCUT2D eigenvalue weighted by Crippen LogP contribution is 2.22. The quantitative estimate of drug-likeness (QED) is 0.524. The summed E-state index contributed by atoms with van der Waals surface area (Å²) < 4.78 is 35.5. The number of hydrogen-bond acceptors (Lipinski definition) is 7. The monoisotopic (exact) mass is 458 g/mol. The van der Waals surface area contributed by atoms with Gasteiger partial charge in [0.15, 0.2) is 6.10 Å². The molecule has 0 aliphatic rings. The average Bonchev–Trinajstić information content (AvgIpc) is 3.24. The number of aryl methyl sites for hydroxylation is 1. The fourth-order valence-electron chi connectivity index (χ4n) is 2.92. The molecule has 32 heavy (non-hydrogen) atoms. The molecule has 0 unspecified atom stereocenters. The Hall–Kier alpha value is -3.40. The number of aromatic nitrogens is 2. The van der Waals surface area contributed by atoms with Gasteiger partial charge in [-0.3, -0.25) is 9.10 Å². The first-order valence-electron chi connectivity index (χ1n) is 10.1. The van der Waals surface area contributed by atoms with E-state index in [1.165, 1.54) is 7.05 Å². The number of rotatable bonds is 9. The molecule has 1 amide bonds. The van der Waals surface area contributed by atoms with Crippen LogP contribution in [0.1, 0.15) is 24.8 Å². The molecular weight excluding hydrogens is 432 g/mol. The molecule has 10 heteroatoms. The van der Waals surface area contributed by atoms with E-state index in [9.17, 15) is 13.2 Å². The third-order valence-corrected chi connectivity index (χ3v) is 6.00. The standard InChI is InChI=1S/C22H26N4O5S/c1-5-19(30-18-11-9-17(10-12-18)26(3)32(4,28)29)22(27)23-14-20-24-21(25-31-20)16-8-6-7-15(2)13-16/h6-13,19H,5,14H2,1-4H3,(H,23,27)/t19-/m0/s1. The summed E-state index contributed by atoms with van der Waals surface area (Å²) in [7, 11) is -1.89. The highest BCUT2D eigenvalue weighted by Gasteiger charge is 2.20. The summed E-state index contributed by atoms with van der Waals surface area (Å²) in [6, 6.07) is 14.2. The number of ether oxygens (including phenoxy) is 1. The van der Waals surface area contributed by atoms with E-state index >= 15 is 0 Å². The van der Waals surface area contributed by atoms with E-state index in [1.807, 2.05) is 38.1 Å². The second kappa shape index (κ2) is 9.82. The second-order valence-corrected chi connectivity index (χ2v) is 9.35. The Kier molecular flexibility index (Phi) is 7.14. The third kappa shape index (κ3) is 5.85. The van der Waals surface area contributed by atoms with Crippen molar-refractivity contribution in [2.24, 2.45) is 0 Å². The molecule has 0 saturated heterocycles. The summed E-state index contributed by atoms with van der Waals surface area (Å²) in [5.74, 6) is 0.885. The van der Waals surface area contributed by atoms with Gasteiger partial charge in [0, 0.05) is 12.6 Å². The number of amides is 1. The lowest BCUT2D eigenvalue weighted by Crippen LogP contribution is -2.37. The number of sulfonamides is 1. The Morgan fingerprint density at radius 1 is 1.22 bits per heavy atom. The lowest BCUT2D eigenvalue weighted by Gasteiger charge is -2.19. The highest BCUT2D eigenvalue weighted by atomic mass is 32.2. The van der Waals surface area contributed by atoms with Gasteiger partial charge in [0.25, 0.3) is 5.91 Å². The lowest BCUT2D eigenvalue weighted by molar-refractivity contribution is -0.128. The van der Waals surface area contributed by atoms with Crippen molar-refractivity contribution in [2.45, 2.75) is 32.9 Å². The van der Waals surface area contributed by atoms with Crippen LogP contribution in [0, 0.1) is 6.92 Å². The van der Waals surface area contributed by atoms with Crippen LogP contribution in [0.5, 0.6) is 5.75 Å². The molecule has 1 atom stereocenters. The lowest BCUT2D eigenvalue weighted by atomic mass is 10.1. The van der Waals surface area contributed by atoms with E-state index in [-0.39, 0.29) is 18.3 Å². The van der Waals surface area contributed by atoms with Crippen LogP contribution in [0.15, 0.2) is 53.1 Å².